The molecule has 0 atom stereocenters. The third kappa shape index (κ3) is 1.36. The Labute approximate surface area is 121 Å². The van der Waals surface area contributed by atoms with Gasteiger partial charge < -0.3 is 9.47 Å². The molecule has 9 heteroatoms. The quantitative estimate of drug-likeness (QED) is 0.534. The minimum absolute atomic E-state index is 0.190. The molecule has 0 fully saturated rings. The van der Waals surface area contributed by atoms with E-state index < -0.39 is 0 Å². The lowest BCUT2D eigenvalue weighted by Crippen LogP contribution is -2.17. The highest BCUT2D eigenvalue weighted by Crippen LogP contribution is 2.35. The second-order valence-electron chi connectivity index (χ2n) is 4.84. The summed E-state index contributed by atoms with van der Waals surface area (Å²) in [7, 11) is 0. The number of ether oxygens (including phenoxy) is 2. The van der Waals surface area contributed by atoms with Gasteiger partial charge in [0.1, 0.15) is 5.65 Å². The van der Waals surface area contributed by atoms with E-state index in [-0.39, 0.29) is 12.5 Å². The van der Waals surface area contributed by atoms with Crippen LogP contribution in [-0.4, -0.2) is 36.6 Å². The van der Waals surface area contributed by atoms with Crippen molar-refractivity contribution in [1.82, 2.24) is 29.8 Å². The van der Waals surface area contributed by atoms with Crippen molar-refractivity contribution in [2.45, 2.75) is 0 Å². The van der Waals surface area contributed by atoms with Crippen molar-refractivity contribution in [1.29, 1.82) is 0 Å². The number of rotatable bonds is 1. The average Bonchev–Trinajstić information content (AvgIpc) is 3.24. The summed E-state index contributed by atoms with van der Waals surface area (Å²) in [6.45, 7) is 0.190. The number of hydrogen-bond donors (Lipinski definition) is 2. The lowest BCUT2D eigenvalue weighted by atomic mass is 10.2. The zero-order valence-electron chi connectivity index (χ0n) is 11.0. The summed E-state index contributed by atoms with van der Waals surface area (Å²) >= 11 is 0. The van der Waals surface area contributed by atoms with Crippen LogP contribution in [0.5, 0.6) is 11.5 Å². The van der Waals surface area contributed by atoms with Gasteiger partial charge in [-0.2, -0.15) is 5.10 Å². The van der Waals surface area contributed by atoms with Gasteiger partial charge in [-0.15, -0.1) is 10.2 Å². The van der Waals surface area contributed by atoms with Crippen LogP contribution < -0.4 is 15.2 Å². The summed E-state index contributed by atoms with van der Waals surface area (Å²) < 4.78 is 12.1. The largest absolute Gasteiger partial charge is 0.454 e. The van der Waals surface area contributed by atoms with Crippen LogP contribution in [0, 0.1) is 0 Å². The Balaban J connectivity index is 1.83. The molecule has 0 bridgehead atoms. The number of aromatic nitrogens is 6. The molecule has 22 heavy (non-hydrogen) atoms. The van der Waals surface area contributed by atoms with E-state index in [0.29, 0.717) is 39.6 Å². The molecule has 0 amide bonds. The summed E-state index contributed by atoms with van der Waals surface area (Å²) in [4.78, 5) is 15.0. The Hall–Kier alpha value is -3.36. The molecule has 4 heterocycles. The van der Waals surface area contributed by atoms with E-state index in [1.807, 2.05) is 6.07 Å². The summed E-state index contributed by atoms with van der Waals surface area (Å²) in [6, 6.07) is 5.37. The van der Waals surface area contributed by atoms with Gasteiger partial charge in [-0.05, 0) is 18.2 Å². The van der Waals surface area contributed by atoms with E-state index in [0.717, 1.165) is 0 Å². The first-order chi connectivity index (χ1) is 10.8. The number of fused-ring (bicyclic) bond motifs is 4. The van der Waals surface area contributed by atoms with Crippen LogP contribution in [-0.2, 0) is 0 Å². The molecule has 9 nitrogen and oxygen atoms in total. The molecule has 0 radical (unpaired) electrons. The second-order valence-corrected chi connectivity index (χ2v) is 4.84. The van der Waals surface area contributed by atoms with Crippen LogP contribution in [0.15, 0.2) is 29.2 Å². The maximum atomic E-state index is 12.3. The first-order valence-electron chi connectivity index (χ1n) is 6.52. The van der Waals surface area contributed by atoms with Crippen molar-refractivity contribution in [2.24, 2.45) is 0 Å². The van der Waals surface area contributed by atoms with Crippen LogP contribution in [0.4, 0.5) is 0 Å². The van der Waals surface area contributed by atoms with Gasteiger partial charge in [0.15, 0.2) is 23.0 Å². The molecule has 4 aromatic rings. The lowest BCUT2D eigenvalue weighted by Gasteiger charge is -2.01. The van der Waals surface area contributed by atoms with Crippen molar-refractivity contribution < 1.29 is 9.47 Å². The molecular weight excluding hydrogens is 288 g/mol. The first kappa shape index (κ1) is 11.3. The molecule has 0 aliphatic carbocycles. The minimum Gasteiger partial charge on any atom is -0.454 e. The second kappa shape index (κ2) is 3.85. The Bertz CT molecular complexity index is 1090. The topological polar surface area (TPSA) is 110 Å². The van der Waals surface area contributed by atoms with Crippen LogP contribution >= 0.6 is 0 Å². The van der Waals surface area contributed by atoms with E-state index >= 15 is 0 Å². The van der Waals surface area contributed by atoms with E-state index in [2.05, 4.69) is 25.4 Å². The van der Waals surface area contributed by atoms with Gasteiger partial charge in [-0.1, -0.05) is 0 Å². The van der Waals surface area contributed by atoms with Crippen molar-refractivity contribution in [3.63, 3.8) is 0 Å². The first-order valence-corrected chi connectivity index (χ1v) is 6.52. The summed E-state index contributed by atoms with van der Waals surface area (Å²) in [5.74, 6) is 1.72. The van der Waals surface area contributed by atoms with Gasteiger partial charge in [0, 0.05) is 5.56 Å². The van der Waals surface area contributed by atoms with E-state index in [1.165, 1.54) is 4.40 Å². The standard InChI is InChI=1S/C13H8N6O3/c20-13-15-10-7(4-14-16-10)12-18-17-11(19(12)13)6-1-2-8-9(3-6)22-5-21-8/h1-4H,5H2,(H2,14,15,16,20). The molecule has 0 spiro atoms. The van der Waals surface area contributed by atoms with E-state index in [9.17, 15) is 4.79 Å². The fourth-order valence-corrected chi connectivity index (χ4v) is 2.59. The van der Waals surface area contributed by atoms with Gasteiger partial charge in [0.25, 0.3) is 0 Å². The normalized spacial score (nSPS) is 13.3. The summed E-state index contributed by atoms with van der Waals surface area (Å²) in [5, 5.41) is 15.6. The fourth-order valence-electron chi connectivity index (χ4n) is 2.59. The third-order valence-electron chi connectivity index (χ3n) is 3.61. The molecule has 0 unspecified atom stereocenters. The molecule has 1 aliphatic heterocycles. The highest BCUT2D eigenvalue weighted by atomic mass is 16.7. The Morgan fingerprint density at radius 3 is 3.05 bits per heavy atom. The summed E-state index contributed by atoms with van der Waals surface area (Å²) in [6.07, 6.45) is 1.60. The highest BCUT2D eigenvalue weighted by molar-refractivity contribution is 5.88. The lowest BCUT2D eigenvalue weighted by molar-refractivity contribution is 0.174. The molecule has 0 saturated carbocycles. The number of H-pyrrole nitrogens is 2. The number of aromatic amines is 2. The number of nitrogens with zero attached hydrogens (tertiary/aromatic N) is 4. The molecule has 5 rings (SSSR count). The Morgan fingerprint density at radius 1 is 1.18 bits per heavy atom. The predicted octanol–water partition coefficient (Wildman–Crippen LogP) is 0.690. The third-order valence-corrected chi connectivity index (χ3v) is 3.61. The van der Waals surface area contributed by atoms with Gasteiger partial charge in [-0.25, -0.2) is 9.20 Å². The van der Waals surface area contributed by atoms with Gasteiger partial charge in [-0.3, -0.25) is 10.1 Å². The van der Waals surface area contributed by atoms with E-state index in [1.54, 1.807) is 18.3 Å². The van der Waals surface area contributed by atoms with Gasteiger partial charge >= 0.3 is 5.69 Å². The smallest absolute Gasteiger partial charge is 0.334 e. The van der Waals surface area contributed by atoms with Crippen molar-refractivity contribution >= 4 is 16.7 Å². The average molecular weight is 296 g/mol. The maximum absolute atomic E-state index is 12.3. The van der Waals surface area contributed by atoms with Crippen LogP contribution in [0.2, 0.25) is 0 Å². The SMILES string of the molecule is O=c1[nH]c2[nH]ncc2c2nnc(-c3ccc4c(c3)OCO4)n12. The monoisotopic (exact) mass is 296 g/mol. The van der Waals surface area contributed by atoms with E-state index in [4.69, 9.17) is 9.47 Å². The maximum Gasteiger partial charge on any atom is 0.334 e. The van der Waals surface area contributed by atoms with Crippen molar-refractivity contribution in [3.05, 3.63) is 34.9 Å². The number of benzene rings is 1. The predicted molar refractivity (Wildman–Crippen MR) is 74.8 cm³/mol. The highest BCUT2D eigenvalue weighted by Gasteiger charge is 2.19. The molecule has 108 valence electrons. The van der Waals surface area contributed by atoms with Crippen molar-refractivity contribution in [3.8, 4) is 22.9 Å². The molecule has 1 aromatic carbocycles. The zero-order chi connectivity index (χ0) is 14.7. The minimum atomic E-state index is -0.343. The molecule has 2 N–H and O–H groups in total. The van der Waals surface area contributed by atoms with Crippen LogP contribution in [0.3, 0.4) is 0 Å². The Morgan fingerprint density at radius 2 is 2.09 bits per heavy atom. The van der Waals surface area contributed by atoms with Gasteiger partial charge in [0.2, 0.25) is 6.79 Å². The van der Waals surface area contributed by atoms with Crippen LogP contribution in [0.25, 0.3) is 28.1 Å². The number of hydrogen-bond acceptors (Lipinski definition) is 6. The van der Waals surface area contributed by atoms with Gasteiger partial charge in [0.05, 0.1) is 11.6 Å². The zero-order valence-corrected chi connectivity index (χ0v) is 11.0. The van der Waals surface area contributed by atoms with Crippen LogP contribution in [0.1, 0.15) is 0 Å². The van der Waals surface area contributed by atoms with Crippen molar-refractivity contribution in [2.75, 3.05) is 6.79 Å². The molecular formula is C13H8N6O3. The Kier molecular flexibility index (Phi) is 1.98. The summed E-state index contributed by atoms with van der Waals surface area (Å²) in [5.41, 5.74) is 1.33. The molecule has 0 saturated heterocycles. The molecule has 1 aliphatic rings. The number of nitrogens with one attached hydrogen (secondary N) is 2. The fraction of sp³-hybridized carbons (Fsp3) is 0.0769. The molecule has 3 aromatic heterocycles.